The molecule has 0 radical (unpaired) electrons. The third kappa shape index (κ3) is 3.44. The zero-order chi connectivity index (χ0) is 18.7. The minimum absolute atomic E-state index is 0.150. The Morgan fingerprint density at radius 2 is 1.58 bits per heavy atom. The van der Waals surface area contributed by atoms with E-state index < -0.39 is 11.1 Å². The number of aromatic nitrogens is 2. The predicted molar refractivity (Wildman–Crippen MR) is 101 cm³/mol. The topological polar surface area (TPSA) is 73.1 Å². The van der Waals surface area contributed by atoms with Crippen molar-refractivity contribution in [3.05, 3.63) is 80.9 Å². The number of nitrogens with zero attached hydrogens (tertiary/aromatic N) is 2. The third-order valence-electron chi connectivity index (χ3n) is 4.54. The highest BCUT2D eigenvalue weighted by atomic mass is 16.2. The summed E-state index contributed by atoms with van der Waals surface area (Å²) in [7, 11) is 1.55. The van der Waals surface area contributed by atoms with Gasteiger partial charge in [-0.05, 0) is 23.6 Å². The molecule has 0 saturated heterocycles. The molecule has 134 valence electrons. The largest absolute Gasteiger partial charge is 0.354 e. The average Bonchev–Trinajstić information content (AvgIpc) is 2.68. The van der Waals surface area contributed by atoms with E-state index >= 15 is 0 Å². The molecule has 3 aromatic rings. The number of carbonyl (C=O) groups excluding carboxylic acids is 1. The van der Waals surface area contributed by atoms with Gasteiger partial charge in [0, 0.05) is 13.6 Å². The summed E-state index contributed by atoms with van der Waals surface area (Å²) < 4.78 is 2.55. The van der Waals surface area contributed by atoms with Crippen LogP contribution in [0, 0.1) is 0 Å². The minimum atomic E-state index is -0.697. The molecular weight excluding hydrogens is 330 g/mol. The highest BCUT2D eigenvalue weighted by molar-refractivity contribution is 5.80. The van der Waals surface area contributed by atoms with E-state index in [9.17, 15) is 14.4 Å². The highest BCUT2D eigenvalue weighted by Crippen LogP contribution is 2.13. The standard InChI is InChI=1S/C20H21N3O3/c1-14(15-8-4-3-5-9-15)12-21-18(24)13-23-17-11-7-6-10-16(17)22(2)19(25)20(23)26/h3-11,14H,12-13H2,1-2H3,(H,21,24)/t14-/m1/s1. The molecule has 1 aromatic heterocycles. The first-order chi connectivity index (χ1) is 12.5. The Morgan fingerprint density at radius 1 is 0.962 bits per heavy atom. The first-order valence-electron chi connectivity index (χ1n) is 8.49. The van der Waals surface area contributed by atoms with Crippen molar-refractivity contribution in [1.29, 1.82) is 0 Å². The SMILES string of the molecule is C[C@H](CNC(=O)Cn1c(=O)c(=O)n(C)c2ccccc21)c1ccccc1. The third-order valence-corrected chi connectivity index (χ3v) is 4.54. The summed E-state index contributed by atoms with van der Waals surface area (Å²) in [6, 6.07) is 16.9. The Kier molecular flexibility index (Phi) is 5.02. The van der Waals surface area contributed by atoms with E-state index in [1.165, 1.54) is 9.13 Å². The Balaban J connectivity index is 1.80. The summed E-state index contributed by atoms with van der Waals surface area (Å²) in [6.45, 7) is 2.30. The fourth-order valence-corrected chi connectivity index (χ4v) is 2.98. The van der Waals surface area contributed by atoms with Gasteiger partial charge in [-0.15, -0.1) is 0 Å². The molecule has 1 heterocycles. The maximum absolute atomic E-state index is 12.4. The molecule has 0 unspecified atom stereocenters. The van der Waals surface area contributed by atoms with Crippen molar-refractivity contribution in [3.8, 4) is 0 Å². The van der Waals surface area contributed by atoms with Crippen LogP contribution >= 0.6 is 0 Å². The normalized spacial score (nSPS) is 12.1. The number of nitrogens with one attached hydrogen (secondary N) is 1. The van der Waals surface area contributed by atoms with E-state index in [1.54, 1.807) is 31.3 Å². The van der Waals surface area contributed by atoms with Crippen LogP contribution in [0.1, 0.15) is 18.4 Å². The van der Waals surface area contributed by atoms with Gasteiger partial charge in [-0.3, -0.25) is 19.0 Å². The van der Waals surface area contributed by atoms with E-state index in [0.717, 1.165) is 5.56 Å². The number of para-hydroxylation sites is 2. The van der Waals surface area contributed by atoms with Crippen LogP contribution in [-0.2, 0) is 18.4 Å². The molecule has 2 aromatic carbocycles. The molecule has 0 spiro atoms. The second-order valence-corrected chi connectivity index (χ2v) is 6.36. The van der Waals surface area contributed by atoms with Gasteiger partial charge in [-0.2, -0.15) is 0 Å². The maximum Gasteiger partial charge on any atom is 0.317 e. The maximum atomic E-state index is 12.4. The van der Waals surface area contributed by atoms with Crippen LogP contribution in [0.4, 0.5) is 0 Å². The monoisotopic (exact) mass is 351 g/mol. The molecule has 0 aliphatic heterocycles. The van der Waals surface area contributed by atoms with Crippen LogP contribution in [0.3, 0.4) is 0 Å². The van der Waals surface area contributed by atoms with Gasteiger partial charge in [-0.25, -0.2) is 0 Å². The number of rotatable bonds is 5. The van der Waals surface area contributed by atoms with E-state index in [4.69, 9.17) is 0 Å². The molecule has 26 heavy (non-hydrogen) atoms. The number of hydrogen-bond donors (Lipinski definition) is 1. The van der Waals surface area contributed by atoms with Gasteiger partial charge in [-0.1, -0.05) is 49.4 Å². The molecule has 0 fully saturated rings. The van der Waals surface area contributed by atoms with Crippen molar-refractivity contribution in [2.75, 3.05) is 6.54 Å². The number of fused-ring (bicyclic) bond motifs is 1. The molecule has 0 aliphatic carbocycles. The molecule has 0 saturated carbocycles. The lowest BCUT2D eigenvalue weighted by Gasteiger charge is -2.15. The molecule has 1 amide bonds. The van der Waals surface area contributed by atoms with Crippen LogP contribution in [0.5, 0.6) is 0 Å². The van der Waals surface area contributed by atoms with Gasteiger partial charge < -0.3 is 9.88 Å². The quantitative estimate of drug-likeness (QED) is 0.710. The van der Waals surface area contributed by atoms with Gasteiger partial charge in [0.05, 0.1) is 11.0 Å². The molecule has 1 N–H and O–H groups in total. The second-order valence-electron chi connectivity index (χ2n) is 6.36. The Bertz CT molecular complexity index is 1050. The molecule has 3 rings (SSSR count). The van der Waals surface area contributed by atoms with Crippen LogP contribution in [-0.4, -0.2) is 21.6 Å². The second kappa shape index (κ2) is 7.39. The Labute approximate surface area is 150 Å². The van der Waals surface area contributed by atoms with E-state index in [0.29, 0.717) is 17.6 Å². The van der Waals surface area contributed by atoms with E-state index in [-0.39, 0.29) is 18.4 Å². The molecule has 0 bridgehead atoms. The Hall–Kier alpha value is -3.15. The summed E-state index contributed by atoms with van der Waals surface area (Å²) in [5.74, 6) is -0.148. The number of amides is 1. The first kappa shape index (κ1) is 17.7. The summed E-state index contributed by atoms with van der Waals surface area (Å²) >= 11 is 0. The van der Waals surface area contributed by atoms with Crippen molar-refractivity contribution in [2.45, 2.75) is 19.4 Å². The fraction of sp³-hybridized carbons (Fsp3) is 0.250. The molecule has 1 atom stereocenters. The number of benzene rings is 2. The summed E-state index contributed by atoms with van der Waals surface area (Å²) in [4.78, 5) is 36.8. The molecule has 6 heteroatoms. The summed E-state index contributed by atoms with van der Waals surface area (Å²) in [6.07, 6.45) is 0. The van der Waals surface area contributed by atoms with Crippen LogP contribution in [0.25, 0.3) is 11.0 Å². The molecular formula is C20H21N3O3. The number of carbonyl (C=O) groups is 1. The zero-order valence-electron chi connectivity index (χ0n) is 14.8. The van der Waals surface area contributed by atoms with Crippen molar-refractivity contribution < 1.29 is 4.79 Å². The van der Waals surface area contributed by atoms with Crippen molar-refractivity contribution in [3.63, 3.8) is 0 Å². The first-order valence-corrected chi connectivity index (χ1v) is 8.49. The summed E-state index contributed by atoms with van der Waals surface area (Å²) in [5.41, 5.74) is 0.962. The van der Waals surface area contributed by atoms with Gasteiger partial charge in [0.25, 0.3) is 0 Å². The lowest BCUT2D eigenvalue weighted by molar-refractivity contribution is -0.121. The smallest absolute Gasteiger partial charge is 0.317 e. The number of aryl methyl sites for hydroxylation is 1. The van der Waals surface area contributed by atoms with Crippen LogP contribution < -0.4 is 16.4 Å². The van der Waals surface area contributed by atoms with Crippen molar-refractivity contribution >= 4 is 16.9 Å². The van der Waals surface area contributed by atoms with Crippen LogP contribution in [0.2, 0.25) is 0 Å². The highest BCUT2D eigenvalue weighted by Gasteiger charge is 2.14. The summed E-state index contributed by atoms with van der Waals surface area (Å²) in [5, 5.41) is 2.85. The lowest BCUT2D eigenvalue weighted by atomic mass is 10.0. The molecule has 6 nitrogen and oxygen atoms in total. The number of hydrogen-bond acceptors (Lipinski definition) is 3. The van der Waals surface area contributed by atoms with Gasteiger partial charge in [0.1, 0.15) is 6.54 Å². The van der Waals surface area contributed by atoms with E-state index in [2.05, 4.69) is 5.32 Å². The zero-order valence-corrected chi connectivity index (χ0v) is 14.8. The van der Waals surface area contributed by atoms with Crippen LogP contribution in [0.15, 0.2) is 64.2 Å². The van der Waals surface area contributed by atoms with Gasteiger partial charge in [0.2, 0.25) is 5.91 Å². The lowest BCUT2D eigenvalue weighted by Crippen LogP contribution is -2.43. The minimum Gasteiger partial charge on any atom is -0.354 e. The van der Waals surface area contributed by atoms with Gasteiger partial charge >= 0.3 is 11.1 Å². The van der Waals surface area contributed by atoms with Crippen molar-refractivity contribution in [1.82, 2.24) is 14.5 Å². The predicted octanol–water partition coefficient (Wildman–Crippen LogP) is 1.62. The molecule has 0 aliphatic rings. The fourth-order valence-electron chi connectivity index (χ4n) is 2.98. The van der Waals surface area contributed by atoms with Gasteiger partial charge in [0.15, 0.2) is 0 Å². The average molecular weight is 351 g/mol. The van der Waals surface area contributed by atoms with Crippen molar-refractivity contribution in [2.24, 2.45) is 7.05 Å². The Morgan fingerprint density at radius 3 is 2.27 bits per heavy atom. The van der Waals surface area contributed by atoms with E-state index in [1.807, 2.05) is 37.3 Å².